The summed E-state index contributed by atoms with van der Waals surface area (Å²) < 4.78 is 1.47. The third kappa shape index (κ3) is 3.66. The van der Waals surface area contributed by atoms with Crippen molar-refractivity contribution >= 4 is 5.69 Å². The summed E-state index contributed by atoms with van der Waals surface area (Å²) in [4.78, 5) is 13.5. The molecule has 0 bridgehead atoms. The highest BCUT2D eigenvalue weighted by Crippen LogP contribution is 2.02. The maximum absolute atomic E-state index is 11.7. The molecule has 0 aliphatic carbocycles. The van der Waals surface area contributed by atoms with Crippen molar-refractivity contribution in [2.75, 3.05) is 25.5 Å². The minimum absolute atomic E-state index is 0.0586. The van der Waals surface area contributed by atoms with E-state index in [1.807, 2.05) is 19.0 Å². The molecule has 0 spiro atoms. The number of anilines is 1. The van der Waals surface area contributed by atoms with E-state index in [4.69, 9.17) is 0 Å². The van der Waals surface area contributed by atoms with Gasteiger partial charge >= 0.3 is 0 Å². The van der Waals surface area contributed by atoms with Crippen LogP contribution in [-0.2, 0) is 6.54 Å². The van der Waals surface area contributed by atoms with Crippen LogP contribution in [0.2, 0.25) is 0 Å². The smallest absolute Gasteiger partial charge is 0.268 e. The second-order valence-electron chi connectivity index (χ2n) is 4.28. The van der Waals surface area contributed by atoms with Crippen LogP contribution < -0.4 is 15.8 Å². The molecule has 1 aromatic rings. The molecule has 90 valence electrons. The first-order chi connectivity index (χ1) is 7.50. The van der Waals surface area contributed by atoms with Gasteiger partial charge in [-0.25, -0.2) is 4.68 Å². The largest absolute Gasteiger partial charge is 0.376 e. The van der Waals surface area contributed by atoms with E-state index < -0.39 is 0 Å². The summed E-state index contributed by atoms with van der Waals surface area (Å²) >= 11 is 0. The van der Waals surface area contributed by atoms with Gasteiger partial charge in [0.1, 0.15) is 0 Å². The Balaban J connectivity index is 2.65. The standard InChI is InChI=1S/C11H20N4O/c1-9(2)12-5-6-15-11(16)7-10(8-13-15)14(3)4/h7-9,12H,5-6H2,1-4H3. The molecule has 0 saturated carbocycles. The monoisotopic (exact) mass is 224 g/mol. The normalized spacial score (nSPS) is 10.8. The number of aromatic nitrogens is 2. The van der Waals surface area contributed by atoms with Gasteiger partial charge in [-0.05, 0) is 0 Å². The number of nitrogens with one attached hydrogen (secondary N) is 1. The van der Waals surface area contributed by atoms with Crippen molar-refractivity contribution in [3.05, 3.63) is 22.6 Å². The summed E-state index contributed by atoms with van der Waals surface area (Å²) in [6.45, 7) is 5.51. The molecule has 0 unspecified atom stereocenters. The lowest BCUT2D eigenvalue weighted by Crippen LogP contribution is -2.32. The van der Waals surface area contributed by atoms with Crippen LogP contribution in [0, 0.1) is 0 Å². The Morgan fingerprint density at radius 2 is 2.19 bits per heavy atom. The Hall–Kier alpha value is -1.36. The molecular formula is C11H20N4O. The Bertz CT molecular complexity index is 384. The molecule has 5 heteroatoms. The average Bonchev–Trinajstić information content (AvgIpc) is 2.19. The first-order valence-corrected chi connectivity index (χ1v) is 5.48. The number of hydrogen-bond acceptors (Lipinski definition) is 4. The van der Waals surface area contributed by atoms with E-state index in [9.17, 15) is 4.79 Å². The van der Waals surface area contributed by atoms with Gasteiger partial charge in [-0.2, -0.15) is 5.10 Å². The van der Waals surface area contributed by atoms with Crippen LogP contribution in [0.25, 0.3) is 0 Å². The van der Waals surface area contributed by atoms with E-state index in [0.717, 1.165) is 12.2 Å². The highest BCUT2D eigenvalue weighted by atomic mass is 16.1. The van der Waals surface area contributed by atoms with E-state index in [1.165, 1.54) is 4.68 Å². The van der Waals surface area contributed by atoms with Crippen LogP contribution in [0.15, 0.2) is 17.1 Å². The molecule has 0 atom stereocenters. The van der Waals surface area contributed by atoms with Crippen molar-refractivity contribution in [1.29, 1.82) is 0 Å². The fourth-order valence-corrected chi connectivity index (χ4v) is 1.30. The van der Waals surface area contributed by atoms with Gasteiger partial charge in [0.15, 0.2) is 0 Å². The lowest BCUT2D eigenvalue weighted by Gasteiger charge is -2.13. The summed E-state index contributed by atoms with van der Waals surface area (Å²) in [6.07, 6.45) is 1.71. The third-order valence-corrected chi connectivity index (χ3v) is 2.25. The molecule has 0 amide bonds. The molecule has 0 aliphatic rings. The van der Waals surface area contributed by atoms with E-state index in [1.54, 1.807) is 12.3 Å². The first kappa shape index (κ1) is 12.7. The van der Waals surface area contributed by atoms with E-state index in [0.29, 0.717) is 12.6 Å². The van der Waals surface area contributed by atoms with Gasteiger partial charge in [0.2, 0.25) is 0 Å². The van der Waals surface area contributed by atoms with Crippen molar-refractivity contribution in [1.82, 2.24) is 15.1 Å². The lowest BCUT2D eigenvalue weighted by molar-refractivity contribution is 0.500. The summed E-state index contributed by atoms with van der Waals surface area (Å²) in [6, 6.07) is 2.03. The van der Waals surface area contributed by atoms with E-state index in [-0.39, 0.29) is 5.56 Å². The van der Waals surface area contributed by atoms with Crippen LogP contribution in [0.3, 0.4) is 0 Å². The zero-order valence-corrected chi connectivity index (χ0v) is 10.4. The molecule has 1 heterocycles. The minimum Gasteiger partial charge on any atom is -0.376 e. The fraction of sp³-hybridized carbons (Fsp3) is 0.636. The van der Waals surface area contributed by atoms with Crippen molar-refractivity contribution < 1.29 is 0 Å². The second-order valence-corrected chi connectivity index (χ2v) is 4.28. The highest BCUT2D eigenvalue weighted by Gasteiger charge is 2.01. The predicted octanol–water partition coefficient (Wildman–Crippen LogP) is 0.307. The van der Waals surface area contributed by atoms with Gasteiger partial charge in [-0.15, -0.1) is 0 Å². The van der Waals surface area contributed by atoms with E-state index >= 15 is 0 Å². The maximum atomic E-state index is 11.7. The molecule has 0 aromatic carbocycles. The number of rotatable bonds is 5. The van der Waals surface area contributed by atoms with Gasteiger partial charge in [0.05, 0.1) is 18.4 Å². The molecule has 1 rings (SSSR count). The maximum Gasteiger partial charge on any atom is 0.268 e. The quantitative estimate of drug-likeness (QED) is 0.782. The zero-order valence-electron chi connectivity index (χ0n) is 10.4. The molecule has 1 N–H and O–H groups in total. The van der Waals surface area contributed by atoms with Gasteiger partial charge in [-0.3, -0.25) is 4.79 Å². The molecule has 0 fully saturated rings. The summed E-state index contributed by atoms with van der Waals surface area (Å²) in [7, 11) is 3.78. The van der Waals surface area contributed by atoms with Crippen molar-refractivity contribution in [3.8, 4) is 0 Å². The predicted molar refractivity (Wildman–Crippen MR) is 66.0 cm³/mol. The van der Waals surface area contributed by atoms with Gasteiger partial charge < -0.3 is 10.2 Å². The van der Waals surface area contributed by atoms with Gasteiger partial charge in [0, 0.05) is 32.7 Å². The topological polar surface area (TPSA) is 50.2 Å². The van der Waals surface area contributed by atoms with Crippen molar-refractivity contribution in [2.24, 2.45) is 0 Å². The summed E-state index contributed by atoms with van der Waals surface area (Å²) in [5, 5.41) is 7.37. The fourth-order valence-electron chi connectivity index (χ4n) is 1.30. The van der Waals surface area contributed by atoms with E-state index in [2.05, 4.69) is 24.3 Å². The van der Waals surface area contributed by atoms with Gasteiger partial charge in [-0.1, -0.05) is 13.8 Å². The Labute approximate surface area is 96.1 Å². The third-order valence-electron chi connectivity index (χ3n) is 2.25. The van der Waals surface area contributed by atoms with Gasteiger partial charge in [0.25, 0.3) is 5.56 Å². The van der Waals surface area contributed by atoms with Crippen LogP contribution in [0.1, 0.15) is 13.8 Å². The van der Waals surface area contributed by atoms with Crippen LogP contribution in [0.4, 0.5) is 5.69 Å². The number of nitrogens with zero attached hydrogens (tertiary/aromatic N) is 3. The van der Waals surface area contributed by atoms with Crippen molar-refractivity contribution in [3.63, 3.8) is 0 Å². The summed E-state index contributed by atoms with van der Waals surface area (Å²) in [5.74, 6) is 0. The van der Waals surface area contributed by atoms with Crippen LogP contribution >= 0.6 is 0 Å². The average molecular weight is 224 g/mol. The Morgan fingerprint density at radius 3 is 2.69 bits per heavy atom. The SMILES string of the molecule is CC(C)NCCn1ncc(N(C)C)cc1=O. The van der Waals surface area contributed by atoms with Crippen LogP contribution in [0.5, 0.6) is 0 Å². The first-order valence-electron chi connectivity index (χ1n) is 5.48. The molecule has 0 saturated heterocycles. The lowest BCUT2D eigenvalue weighted by atomic mass is 10.4. The van der Waals surface area contributed by atoms with Crippen molar-refractivity contribution in [2.45, 2.75) is 26.4 Å². The molecular weight excluding hydrogens is 204 g/mol. The zero-order chi connectivity index (χ0) is 12.1. The highest BCUT2D eigenvalue weighted by molar-refractivity contribution is 5.40. The second kappa shape index (κ2) is 5.65. The van der Waals surface area contributed by atoms with Crippen LogP contribution in [-0.4, -0.2) is 36.5 Å². The minimum atomic E-state index is -0.0586. The molecule has 16 heavy (non-hydrogen) atoms. The molecule has 0 radical (unpaired) electrons. The number of hydrogen-bond donors (Lipinski definition) is 1. The Kier molecular flexibility index (Phi) is 4.49. The summed E-state index contributed by atoms with van der Waals surface area (Å²) in [5.41, 5.74) is 0.773. The molecule has 0 aliphatic heterocycles. The Morgan fingerprint density at radius 1 is 1.50 bits per heavy atom. The molecule has 5 nitrogen and oxygen atoms in total. The molecule has 1 aromatic heterocycles.